The predicted molar refractivity (Wildman–Crippen MR) is 90.5 cm³/mol. The minimum absolute atomic E-state index is 0.174. The van der Waals surface area contributed by atoms with Gasteiger partial charge in [-0.1, -0.05) is 41.4 Å². The zero-order valence-electron chi connectivity index (χ0n) is 11.5. The van der Waals surface area contributed by atoms with Crippen LogP contribution in [-0.2, 0) is 6.54 Å². The summed E-state index contributed by atoms with van der Waals surface area (Å²) in [5.74, 6) is 0.174. The van der Waals surface area contributed by atoms with Crippen molar-refractivity contribution in [2.75, 3.05) is 11.4 Å². The van der Waals surface area contributed by atoms with Crippen molar-refractivity contribution in [1.82, 2.24) is 0 Å². The van der Waals surface area contributed by atoms with Crippen LogP contribution in [0.3, 0.4) is 0 Å². The minimum Gasteiger partial charge on any atom is -0.388 e. The van der Waals surface area contributed by atoms with Crippen molar-refractivity contribution in [2.24, 2.45) is 5.73 Å². The molecule has 0 bridgehead atoms. The van der Waals surface area contributed by atoms with Crippen LogP contribution in [-0.4, -0.2) is 12.4 Å². The van der Waals surface area contributed by atoms with E-state index in [1.165, 1.54) is 0 Å². The molecule has 0 heterocycles. The van der Waals surface area contributed by atoms with Gasteiger partial charge in [0.2, 0.25) is 0 Å². The molecule has 0 radical (unpaired) electrons. The first-order valence-electron chi connectivity index (χ1n) is 6.63. The molecule has 0 unspecified atom stereocenters. The lowest BCUT2D eigenvalue weighted by Gasteiger charge is -2.25. The van der Waals surface area contributed by atoms with E-state index in [-0.39, 0.29) is 5.84 Å². The molecule has 0 saturated carbocycles. The Balaban J connectivity index is 2.23. The summed E-state index contributed by atoms with van der Waals surface area (Å²) in [5, 5.41) is 8.75. The van der Waals surface area contributed by atoms with Crippen LogP contribution in [0.4, 0.5) is 5.69 Å². The number of halogens is 2. The Labute approximate surface area is 134 Å². The standard InChI is InChI=1S/C16H17Cl2N3/c17-13-6-7-15(18)12(10-13)11-21(9-8-16(19)20)14-4-2-1-3-5-14/h1-7,10H,8-9,11H2,(H3,19,20). The number of amidine groups is 1. The van der Waals surface area contributed by atoms with Gasteiger partial charge in [-0.05, 0) is 35.9 Å². The number of nitrogens with two attached hydrogens (primary N) is 1. The van der Waals surface area contributed by atoms with Crippen LogP contribution >= 0.6 is 23.2 Å². The van der Waals surface area contributed by atoms with E-state index in [0.29, 0.717) is 29.6 Å². The average Bonchev–Trinajstić information content (AvgIpc) is 2.47. The van der Waals surface area contributed by atoms with Gasteiger partial charge in [0, 0.05) is 35.2 Å². The van der Waals surface area contributed by atoms with Gasteiger partial charge >= 0.3 is 0 Å². The topological polar surface area (TPSA) is 53.1 Å². The molecule has 2 aromatic carbocycles. The van der Waals surface area contributed by atoms with Crippen LogP contribution in [0.1, 0.15) is 12.0 Å². The van der Waals surface area contributed by atoms with Crippen molar-refractivity contribution >= 4 is 34.7 Å². The molecule has 2 aromatic rings. The van der Waals surface area contributed by atoms with Crippen LogP contribution < -0.4 is 10.6 Å². The van der Waals surface area contributed by atoms with Gasteiger partial charge in [-0.25, -0.2) is 0 Å². The molecule has 110 valence electrons. The number of hydrogen-bond donors (Lipinski definition) is 2. The molecule has 0 fully saturated rings. The van der Waals surface area contributed by atoms with Gasteiger partial charge in [0.25, 0.3) is 0 Å². The highest BCUT2D eigenvalue weighted by Crippen LogP contribution is 2.24. The van der Waals surface area contributed by atoms with Crippen LogP contribution in [0.15, 0.2) is 48.5 Å². The lowest BCUT2D eigenvalue weighted by Crippen LogP contribution is -2.27. The molecular weight excluding hydrogens is 305 g/mol. The van der Waals surface area contributed by atoms with E-state index in [1.54, 1.807) is 12.1 Å². The highest BCUT2D eigenvalue weighted by Gasteiger charge is 2.10. The van der Waals surface area contributed by atoms with Gasteiger partial charge in [0.05, 0.1) is 5.84 Å². The molecule has 3 N–H and O–H groups in total. The van der Waals surface area contributed by atoms with Crippen molar-refractivity contribution in [3.05, 3.63) is 64.1 Å². The summed E-state index contributed by atoms with van der Waals surface area (Å²) < 4.78 is 0. The minimum atomic E-state index is 0.174. The van der Waals surface area contributed by atoms with Gasteiger partial charge in [-0.2, -0.15) is 0 Å². The second-order valence-electron chi connectivity index (χ2n) is 4.77. The van der Waals surface area contributed by atoms with Gasteiger partial charge in [0.15, 0.2) is 0 Å². The third-order valence-corrected chi connectivity index (χ3v) is 3.75. The maximum Gasteiger partial charge on any atom is 0.0923 e. The summed E-state index contributed by atoms with van der Waals surface area (Å²) >= 11 is 12.3. The first-order chi connectivity index (χ1) is 10.1. The Kier molecular flexibility index (Phi) is 5.48. The summed E-state index contributed by atoms with van der Waals surface area (Å²) in [4.78, 5) is 2.14. The molecule has 0 aromatic heterocycles. The number of anilines is 1. The first-order valence-corrected chi connectivity index (χ1v) is 7.38. The third kappa shape index (κ3) is 4.66. The fourth-order valence-corrected chi connectivity index (χ4v) is 2.44. The van der Waals surface area contributed by atoms with E-state index < -0.39 is 0 Å². The summed E-state index contributed by atoms with van der Waals surface area (Å²) in [6.07, 6.45) is 0.507. The van der Waals surface area contributed by atoms with Gasteiger partial charge in [-0.15, -0.1) is 0 Å². The number of benzene rings is 2. The van der Waals surface area contributed by atoms with Gasteiger partial charge < -0.3 is 10.6 Å². The molecule has 3 nitrogen and oxygen atoms in total. The Morgan fingerprint density at radius 1 is 1.10 bits per heavy atom. The highest BCUT2D eigenvalue weighted by molar-refractivity contribution is 6.33. The van der Waals surface area contributed by atoms with E-state index >= 15 is 0 Å². The molecule has 0 aliphatic carbocycles. The Hall–Kier alpha value is -1.71. The molecule has 0 atom stereocenters. The lowest BCUT2D eigenvalue weighted by atomic mass is 10.2. The lowest BCUT2D eigenvalue weighted by molar-refractivity contribution is 0.802. The zero-order chi connectivity index (χ0) is 15.2. The smallest absolute Gasteiger partial charge is 0.0923 e. The van der Waals surface area contributed by atoms with Gasteiger partial charge in [0.1, 0.15) is 0 Å². The van der Waals surface area contributed by atoms with Crippen LogP contribution in [0, 0.1) is 5.41 Å². The fraction of sp³-hybridized carbons (Fsp3) is 0.188. The normalized spacial score (nSPS) is 10.4. The van der Waals surface area contributed by atoms with Crippen molar-refractivity contribution in [3.63, 3.8) is 0 Å². The van der Waals surface area contributed by atoms with Gasteiger partial charge in [-0.3, -0.25) is 5.41 Å². The molecule has 0 amide bonds. The van der Waals surface area contributed by atoms with Crippen LogP contribution in [0.25, 0.3) is 0 Å². The van der Waals surface area contributed by atoms with Crippen LogP contribution in [0.2, 0.25) is 10.0 Å². The van der Waals surface area contributed by atoms with E-state index in [9.17, 15) is 0 Å². The number of nitrogens with zero attached hydrogens (tertiary/aromatic N) is 1. The largest absolute Gasteiger partial charge is 0.388 e. The zero-order valence-corrected chi connectivity index (χ0v) is 13.0. The number of rotatable bonds is 6. The molecule has 2 rings (SSSR count). The second kappa shape index (κ2) is 7.34. The Bertz CT molecular complexity index is 614. The maximum atomic E-state index is 7.41. The summed E-state index contributed by atoms with van der Waals surface area (Å²) in [5.41, 5.74) is 7.50. The predicted octanol–water partition coefficient (Wildman–Crippen LogP) is 4.33. The maximum absolute atomic E-state index is 7.41. The SMILES string of the molecule is N=C(N)CCN(Cc1cc(Cl)ccc1Cl)c1ccccc1. The number of hydrogen-bond acceptors (Lipinski definition) is 2. The summed E-state index contributed by atoms with van der Waals surface area (Å²) in [6, 6.07) is 15.4. The third-order valence-electron chi connectivity index (χ3n) is 3.14. The molecule has 5 heteroatoms. The molecular formula is C16H17Cl2N3. The Morgan fingerprint density at radius 3 is 2.48 bits per heavy atom. The second-order valence-corrected chi connectivity index (χ2v) is 5.61. The first kappa shape index (κ1) is 15.7. The van der Waals surface area contributed by atoms with E-state index in [0.717, 1.165) is 11.3 Å². The number of para-hydroxylation sites is 1. The molecule has 0 aliphatic heterocycles. The molecule has 0 aliphatic rings. The van der Waals surface area contributed by atoms with E-state index in [4.69, 9.17) is 34.3 Å². The van der Waals surface area contributed by atoms with Crippen molar-refractivity contribution in [2.45, 2.75) is 13.0 Å². The monoisotopic (exact) mass is 321 g/mol. The molecule has 0 spiro atoms. The molecule has 0 saturated heterocycles. The molecule has 21 heavy (non-hydrogen) atoms. The van der Waals surface area contributed by atoms with E-state index in [1.807, 2.05) is 36.4 Å². The summed E-state index contributed by atoms with van der Waals surface area (Å²) in [6.45, 7) is 1.28. The van der Waals surface area contributed by atoms with Crippen molar-refractivity contribution in [3.8, 4) is 0 Å². The van der Waals surface area contributed by atoms with Crippen molar-refractivity contribution in [1.29, 1.82) is 5.41 Å². The quantitative estimate of drug-likeness (QED) is 0.614. The highest BCUT2D eigenvalue weighted by atomic mass is 35.5. The van der Waals surface area contributed by atoms with Crippen LogP contribution in [0.5, 0.6) is 0 Å². The van der Waals surface area contributed by atoms with Crippen molar-refractivity contribution < 1.29 is 0 Å². The fourth-order valence-electron chi connectivity index (χ4n) is 2.06. The Morgan fingerprint density at radius 2 is 1.81 bits per heavy atom. The summed E-state index contributed by atoms with van der Waals surface area (Å²) in [7, 11) is 0. The van der Waals surface area contributed by atoms with E-state index in [2.05, 4.69) is 4.90 Å². The average molecular weight is 322 g/mol. The number of nitrogens with one attached hydrogen (secondary N) is 1.